The lowest BCUT2D eigenvalue weighted by atomic mass is 9.92. The number of Topliss-reactive ketones (excluding diaryl/α,β-unsaturated/α-hetero) is 2. The minimum absolute atomic E-state index is 0.189. The molecule has 4 amide bonds. The van der Waals surface area contributed by atoms with Gasteiger partial charge in [-0.05, 0) is 25.1 Å². The number of methoxy groups -OCH3 is 1. The maximum Gasteiger partial charge on any atom is 0.332 e. The summed E-state index contributed by atoms with van der Waals surface area (Å²) in [6.45, 7) is 1.39. The maximum atomic E-state index is 12.6. The van der Waals surface area contributed by atoms with Crippen LogP contribution in [0.25, 0.3) is 0 Å². The predicted octanol–water partition coefficient (Wildman–Crippen LogP) is 0.676. The number of hydrogen-bond acceptors (Lipinski definition) is 6. The fourth-order valence-corrected chi connectivity index (χ4v) is 2.61. The van der Waals surface area contributed by atoms with Crippen molar-refractivity contribution in [1.29, 1.82) is 0 Å². The van der Waals surface area contributed by atoms with E-state index < -0.39 is 29.5 Å². The Balaban J connectivity index is 2.34. The molecule has 0 radical (unpaired) electrons. The summed E-state index contributed by atoms with van der Waals surface area (Å²) in [6.07, 6.45) is -0.275. The zero-order chi connectivity index (χ0) is 18.9. The number of carbonyl (C=O) groups excluding carboxylic acids is 5. The monoisotopic (exact) mass is 346 g/mol. The molecule has 0 N–H and O–H groups in total. The summed E-state index contributed by atoms with van der Waals surface area (Å²) in [4.78, 5) is 61.7. The Morgan fingerprint density at radius 3 is 2.12 bits per heavy atom. The van der Waals surface area contributed by atoms with Crippen molar-refractivity contribution in [2.75, 3.05) is 21.2 Å². The summed E-state index contributed by atoms with van der Waals surface area (Å²) in [6, 6.07) is 3.82. The van der Waals surface area contributed by atoms with Crippen molar-refractivity contribution in [3.8, 4) is 5.75 Å². The van der Waals surface area contributed by atoms with E-state index in [2.05, 4.69) is 0 Å². The number of rotatable bonds is 5. The first-order valence-electron chi connectivity index (χ1n) is 7.48. The van der Waals surface area contributed by atoms with Gasteiger partial charge < -0.3 is 4.74 Å². The van der Waals surface area contributed by atoms with Crippen LogP contribution in [0, 0.1) is 5.92 Å². The third kappa shape index (κ3) is 3.28. The number of benzene rings is 1. The van der Waals surface area contributed by atoms with Crippen LogP contribution in [0.15, 0.2) is 18.2 Å². The third-order valence-corrected chi connectivity index (χ3v) is 4.10. The van der Waals surface area contributed by atoms with Crippen LogP contribution in [0.4, 0.5) is 4.79 Å². The highest BCUT2D eigenvalue weighted by Gasteiger charge is 2.46. The fourth-order valence-electron chi connectivity index (χ4n) is 2.61. The van der Waals surface area contributed by atoms with Crippen LogP contribution >= 0.6 is 0 Å². The summed E-state index contributed by atoms with van der Waals surface area (Å²) in [5.41, 5.74) is 0.775. The van der Waals surface area contributed by atoms with Crippen molar-refractivity contribution in [3.63, 3.8) is 0 Å². The van der Waals surface area contributed by atoms with E-state index in [9.17, 15) is 24.0 Å². The number of urea groups is 1. The van der Waals surface area contributed by atoms with Gasteiger partial charge in [-0.15, -0.1) is 0 Å². The fraction of sp³-hybridized carbons (Fsp3) is 0.353. The van der Waals surface area contributed by atoms with Gasteiger partial charge in [0, 0.05) is 31.6 Å². The molecule has 0 spiro atoms. The standard InChI is InChI=1S/C17H18N2O6/c1-9(20)10-5-6-13(25-4)11(7-10)8-12(21)14-15(22)18(2)17(24)19(3)16(14)23/h5-7,14H,8H2,1-4H3. The van der Waals surface area contributed by atoms with E-state index in [1.54, 1.807) is 12.1 Å². The molecule has 1 aliphatic heterocycles. The van der Waals surface area contributed by atoms with Crippen molar-refractivity contribution < 1.29 is 28.7 Å². The Morgan fingerprint density at radius 2 is 1.64 bits per heavy atom. The molecule has 0 unspecified atom stereocenters. The maximum absolute atomic E-state index is 12.6. The Hall–Kier alpha value is -3.03. The molecule has 0 aliphatic carbocycles. The number of carbonyl (C=O) groups is 5. The van der Waals surface area contributed by atoms with Gasteiger partial charge in [0.2, 0.25) is 0 Å². The Morgan fingerprint density at radius 1 is 1.08 bits per heavy atom. The Kier molecular flexibility index (Phi) is 5.01. The molecule has 0 bridgehead atoms. The number of ether oxygens (including phenoxy) is 1. The van der Waals surface area contributed by atoms with E-state index in [0.29, 0.717) is 16.9 Å². The van der Waals surface area contributed by atoms with Crippen LogP contribution in [-0.4, -0.2) is 60.4 Å². The van der Waals surface area contributed by atoms with Gasteiger partial charge in [0.15, 0.2) is 17.5 Å². The quantitative estimate of drug-likeness (QED) is 0.574. The third-order valence-electron chi connectivity index (χ3n) is 4.10. The van der Waals surface area contributed by atoms with Gasteiger partial charge in [0.1, 0.15) is 5.75 Å². The second kappa shape index (κ2) is 6.84. The van der Waals surface area contributed by atoms with Crippen LogP contribution in [0.3, 0.4) is 0 Å². The minimum atomic E-state index is -1.58. The molecule has 25 heavy (non-hydrogen) atoms. The zero-order valence-corrected chi connectivity index (χ0v) is 14.4. The number of amides is 4. The lowest BCUT2D eigenvalue weighted by Crippen LogP contribution is -2.59. The molecule has 1 aromatic rings. The van der Waals surface area contributed by atoms with E-state index in [1.807, 2.05) is 0 Å². The van der Waals surface area contributed by atoms with Gasteiger partial charge in [-0.3, -0.25) is 29.0 Å². The van der Waals surface area contributed by atoms with Gasteiger partial charge in [0.25, 0.3) is 11.8 Å². The summed E-state index contributed by atoms with van der Waals surface area (Å²) >= 11 is 0. The normalized spacial score (nSPS) is 15.6. The molecule has 8 nitrogen and oxygen atoms in total. The van der Waals surface area contributed by atoms with Crippen LogP contribution in [0.5, 0.6) is 5.75 Å². The molecule has 1 aromatic carbocycles. The summed E-state index contributed by atoms with van der Waals surface area (Å²) in [5, 5.41) is 0. The average Bonchev–Trinajstić information content (AvgIpc) is 2.58. The largest absolute Gasteiger partial charge is 0.496 e. The van der Waals surface area contributed by atoms with E-state index in [1.165, 1.54) is 34.2 Å². The van der Waals surface area contributed by atoms with Crippen molar-refractivity contribution in [1.82, 2.24) is 9.80 Å². The smallest absolute Gasteiger partial charge is 0.332 e. The molecule has 1 fully saturated rings. The SMILES string of the molecule is COc1ccc(C(C)=O)cc1CC(=O)C1C(=O)N(C)C(=O)N(C)C1=O. The van der Waals surface area contributed by atoms with Gasteiger partial charge in [-0.25, -0.2) is 4.79 Å². The van der Waals surface area contributed by atoms with Crippen molar-refractivity contribution in [2.24, 2.45) is 5.92 Å². The highest BCUT2D eigenvalue weighted by molar-refractivity contribution is 6.26. The number of nitrogens with zero attached hydrogens (tertiary/aromatic N) is 2. The molecule has 1 saturated heterocycles. The van der Waals surface area contributed by atoms with E-state index in [4.69, 9.17) is 4.74 Å². The first-order valence-corrected chi connectivity index (χ1v) is 7.48. The van der Waals surface area contributed by atoms with Crippen molar-refractivity contribution >= 4 is 29.4 Å². The highest BCUT2D eigenvalue weighted by Crippen LogP contribution is 2.24. The number of hydrogen-bond donors (Lipinski definition) is 0. The zero-order valence-electron chi connectivity index (χ0n) is 14.4. The molecule has 1 heterocycles. The van der Waals surface area contributed by atoms with Crippen molar-refractivity contribution in [2.45, 2.75) is 13.3 Å². The molecular weight excluding hydrogens is 328 g/mol. The second-order valence-electron chi connectivity index (χ2n) is 5.74. The van der Waals surface area contributed by atoms with Gasteiger partial charge in [-0.1, -0.05) is 0 Å². The molecular formula is C17H18N2O6. The average molecular weight is 346 g/mol. The van der Waals surface area contributed by atoms with Crippen LogP contribution in [0.1, 0.15) is 22.8 Å². The second-order valence-corrected chi connectivity index (χ2v) is 5.74. The number of barbiturate groups is 1. The molecule has 2 rings (SSSR count). The van der Waals surface area contributed by atoms with Crippen LogP contribution in [0.2, 0.25) is 0 Å². The molecule has 0 aromatic heterocycles. The number of imide groups is 2. The van der Waals surface area contributed by atoms with Crippen LogP contribution < -0.4 is 4.74 Å². The molecule has 132 valence electrons. The molecule has 0 saturated carbocycles. The summed E-state index contributed by atoms with van der Waals surface area (Å²) < 4.78 is 5.17. The topological polar surface area (TPSA) is 101 Å². The summed E-state index contributed by atoms with van der Waals surface area (Å²) in [5.74, 6) is -3.80. The summed E-state index contributed by atoms with van der Waals surface area (Å²) in [7, 11) is 3.84. The number of ketones is 2. The van der Waals surface area contributed by atoms with Gasteiger partial charge in [0.05, 0.1) is 7.11 Å². The van der Waals surface area contributed by atoms with Crippen LogP contribution in [-0.2, 0) is 20.8 Å². The minimum Gasteiger partial charge on any atom is -0.496 e. The van der Waals surface area contributed by atoms with Crippen molar-refractivity contribution in [3.05, 3.63) is 29.3 Å². The first-order chi connectivity index (χ1) is 11.7. The van der Waals surface area contributed by atoms with Gasteiger partial charge in [-0.2, -0.15) is 0 Å². The van der Waals surface area contributed by atoms with E-state index in [0.717, 1.165) is 9.80 Å². The van der Waals surface area contributed by atoms with Gasteiger partial charge >= 0.3 is 6.03 Å². The predicted molar refractivity (Wildman–Crippen MR) is 86.1 cm³/mol. The first kappa shape index (κ1) is 18.3. The highest BCUT2D eigenvalue weighted by atomic mass is 16.5. The lowest BCUT2D eigenvalue weighted by Gasteiger charge is -2.32. The Bertz CT molecular complexity index is 761. The Labute approximate surface area is 144 Å². The van der Waals surface area contributed by atoms with E-state index in [-0.39, 0.29) is 12.2 Å². The van der Waals surface area contributed by atoms with E-state index >= 15 is 0 Å². The molecule has 1 aliphatic rings. The lowest BCUT2D eigenvalue weighted by molar-refractivity contribution is -0.151. The molecule has 8 heteroatoms. The molecule has 0 atom stereocenters.